The van der Waals surface area contributed by atoms with Crippen LogP contribution in [-0.2, 0) is 19.6 Å². The zero-order chi connectivity index (χ0) is 23.3. The lowest BCUT2D eigenvalue weighted by molar-refractivity contribution is -0.127. The highest BCUT2D eigenvalue weighted by atomic mass is 32.2. The summed E-state index contributed by atoms with van der Waals surface area (Å²) in [5.74, 6) is -0.904. The molecule has 1 N–H and O–H groups in total. The molecule has 0 bridgehead atoms. The van der Waals surface area contributed by atoms with Crippen molar-refractivity contribution in [1.29, 1.82) is 0 Å². The van der Waals surface area contributed by atoms with E-state index in [1.165, 1.54) is 13.2 Å². The third kappa shape index (κ3) is 5.54. The summed E-state index contributed by atoms with van der Waals surface area (Å²) in [5.41, 5.74) is 0.500. The van der Waals surface area contributed by atoms with Crippen LogP contribution in [0.4, 0.5) is 10.1 Å². The first-order chi connectivity index (χ1) is 15.2. The second-order valence-electron chi connectivity index (χ2n) is 6.63. The number of thioether (sulfide) groups is 1. The van der Waals surface area contributed by atoms with E-state index in [9.17, 15) is 22.4 Å². The largest absolute Gasteiger partial charge is 0.497 e. The highest BCUT2D eigenvalue weighted by Crippen LogP contribution is 2.31. The Morgan fingerprint density at radius 3 is 2.69 bits per heavy atom. The average molecular weight is 478 g/mol. The van der Waals surface area contributed by atoms with E-state index in [4.69, 9.17) is 4.74 Å². The van der Waals surface area contributed by atoms with Crippen molar-refractivity contribution in [2.45, 2.75) is 16.6 Å². The van der Waals surface area contributed by atoms with Crippen LogP contribution in [0, 0.1) is 5.82 Å². The van der Waals surface area contributed by atoms with Gasteiger partial charge in [0.1, 0.15) is 16.8 Å². The molecule has 11 heteroatoms. The molecule has 168 valence electrons. The van der Waals surface area contributed by atoms with Crippen LogP contribution in [0.2, 0.25) is 0 Å². The highest BCUT2D eigenvalue weighted by Gasteiger charge is 2.39. The van der Waals surface area contributed by atoms with Gasteiger partial charge in [0, 0.05) is 24.7 Å². The lowest BCUT2D eigenvalue weighted by atomic mass is 10.2. The van der Waals surface area contributed by atoms with Gasteiger partial charge in [-0.25, -0.2) is 4.39 Å². The monoisotopic (exact) mass is 477 g/mol. The number of hydrogen-bond acceptors (Lipinski definition) is 6. The van der Waals surface area contributed by atoms with E-state index in [0.717, 1.165) is 40.9 Å². The van der Waals surface area contributed by atoms with E-state index >= 15 is 0 Å². The summed E-state index contributed by atoms with van der Waals surface area (Å²) >= 11 is 0.878. The van der Waals surface area contributed by atoms with E-state index in [-0.39, 0.29) is 23.0 Å². The lowest BCUT2D eigenvalue weighted by Crippen LogP contribution is -2.33. The number of carbonyl (C=O) groups excluding carboxylic acids is 2. The van der Waals surface area contributed by atoms with Gasteiger partial charge in [0.25, 0.3) is 10.0 Å². The molecule has 0 aliphatic carbocycles. The number of sulfonamides is 1. The minimum atomic E-state index is -4.19. The van der Waals surface area contributed by atoms with Crippen molar-refractivity contribution in [2.24, 2.45) is 4.40 Å². The molecule has 1 aliphatic heterocycles. The maximum atomic E-state index is 13.1. The quantitative estimate of drug-likeness (QED) is 0.586. The van der Waals surface area contributed by atoms with Crippen molar-refractivity contribution in [1.82, 2.24) is 4.90 Å². The standard InChI is InChI=1S/C21H20FN3O5S2/c1-3-11-25-20(27)18(13-19(26)23-15-5-4-6-16(12-15)30-2)31-21(25)24-32(28,29)17-9-7-14(22)8-10-17/h3-10,12,18H,1,11,13H2,2H3,(H,23,26)/b24-21+. The van der Waals surface area contributed by atoms with Gasteiger partial charge >= 0.3 is 0 Å². The summed E-state index contributed by atoms with van der Waals surface area (Å²) in [6.45, 7) is 3.60. The van der Waals surface area contributed by atoms with Crippen molar-refractivity contribution in [3.05, 3.63) is 67.0 Å². The molecule has 1 aliphatic rings. The number of nitrogens with zero attached hydrogens (tertiary/aromatic N) is 2. The second kappa shape index (κ2) is 9.96. The van der Waals surface area contributed by atoms with Crippen LogP contribution in [0.15, 0.2) is 70.5 Å². The van der Waals surface area contributed by atoms with Gasteiger partial charge in [-0.3, -0.25) is 14.5 Å². The second-order valence-corrected chi connectivity index (χ2v) is 9.41. The molecular weight excluding hydrogens is 457 g/mol. The van der Waals surface area contributed by atoms with Crippen molar-refractivity contribution in [2.75, 3.05) is 19.0 Å². The molecule has 3 rings (SSSR count). The van der Waals surface area contributed by atoms with Crippen LogP contribution in [0.3, 0.4) is 0 Å². The van der Waals surface area contributed by atoms with Crippen molar-refractivity contribution in [3.63, 3.8) is 0 Å². The predicted molar refractivity (Wildman–Crippen MR) is 121 cm³/mol. The molecule has 0 spiro atoms. The van der Waals surface area contributed by atoms with E-state index in [1.807, 2.05) is 0 Å². The number of methoxy groups -OCH3 is 1. The zero-order valence-electron chi connectivity index (χ0n) is 17.0. The van der Waals surface area contributed by atoms with E-state index in [0.29, 0.717) is 11.4 Å². The van der Waals surface area contributed by atoms with Crippen LogP contribution in [0.1, 0.15) is 6.42 Å². The smallest absolute Gasteiger partial charge is 0.284 e. The normalized spacial score (nSPS) is 17.4. The summed E-state index contributed by atoms with van der Waals surface area (Å²) in [5, 5.41) is 1.76. The molecule has 2 aromatic carbocycles. The Hall–Kier alpha value is -3.18. The van der Waals surface area contributed by atoms with E-state index in [1.54, 1.807) is 24.3 Å². The fourth-order valence-electron chi connectivity index (χ4n) is 2.85. The molecule has 0 saturated carbocycles. The van der Waals surface area contributed by atoms with Crippen LogP contribution in [0.5, 0.6) is 5.75 Å². The number of ether oxygens (including phenoxy) is 1. The van der Waals surface area contributed by atoms with Gasteiger partial charge in [-0.15, -0.1) is 11.0 Å². The number of amides is 2. The molecule has 8 nitrogen and oxygen atoms in total. The van der Waals surface area contributed by atoms with Gasteiger partial charge in [-0.2, -0.15) is 8.42 Å². The zero-order valence-corrected chi connectivity index (χ0v) is 18.7. The number of anilines is 1. The molecule has 0 radical (unpaired) electrons. The molecular formula is C21H20FN3O5S2. The fourth-order valence-corrected chi connectivity index (χ4v) is 5.21. The van der Waals surface area contributed by atoms with Gasteiger partial charge in [0.05, 0.1) is 12.0 Å². The first-order valence-electron chi connectivity index (χ1n) is 9.37. The molecule has 0 aromatic heterocycles. The van der Waals surface area contributed by atoms with Crippen LogP contribution < -0.4 is 10.1 Å². The number of hydrogen-bond donors (Lipinski definition) is 1. The summed E-state index contributed by atoms with van der Waals surface area (Å²) < 4.78 is 47.2. The Bertz CT molecular complexity index is 1170. The lowest BCUT2D eigenvalue weighted by Gasteiger charge is -2.13. The number of benzene rings is 2. The predicted octanol–water partition coefficient (Wildman–Crippen LogP) is 3.04. The molecule has 2 aromatic rings. The van der Waals surface area contributed by atoms with Crippen molar-refractivity contribution in [3.8, 4) is 5.75 Å². The minimum absolute atomic E-state index is 0.0254. The number of nitrogens with one attached hydrogen (secondary N) is 1. The Kier molecular flexibility index (Phi) is 7.31. The van der Waals surface area contributed by atoms with Crippen LogP contribution in [-0.4, -0.2) is 49.2 Å². The van der Waals surface area contributed by atoms with Gasteiger partial charge in [-0.05, 0) is 36.4 Å². The first kappa shape index (κ1) is 23.5. The summed E-state index contributed by atoms with van der Waals surface area (Å²) in [6, 6.07) is 10.9. The topological polar surface area (TPSA) is 105 Å². The highest BCUT2D eigenvalue weighted by molar-refractivity contribution is 8.16. The Labute approximate surface area is 189 Å². The number of rotatable bonds is 8. The first-order valence-corrected chi connectivity index (χ1v) is 11.7. The molecule has 1 unspecified atom stereocenters. The Balaban J connectivity index is 1.78. The van der Waals surface area contributed by atoms with Crippen LogP contribution >= 0.6 is 11.8 Å². The fraction of sp³-hybridized carbons (Fsp3) is 0.190. The van der Waals surface area contributed by atoms with Gasteiger partial charge in [0.2, 0.25) is 11.8 Å². The van der Waals surface area contributed by atoms with E-state index < -0.39 is 32.9 Å². The third-order valence-corrected chi connectivity index (χ3v) is 6.94. The van der Waals surface area contributed by atoms with Crippen molar-refractivity contribution < 1.29 is 27.1 Å². The summed E-state index contributed by atoms with van der Waals surface area (Å²) in [4.78, 5) is 26.2. The summed E-state index contributed by atoms with van der Waals surface area (Å²) in [6.07, 6.45) is 1.24. The molecule has 1 heterocycles. The Morgan fingerprint density at radius 2 is 2.03 bits per heavy atom. The molecule has 1 atom stereocenters. The number of carbonyl (C=O) groups is 2. The SMILES string of the molecule is C=CCN1C(=O)C(CC(=O)Nc2cccc(OC)c2)S/C1=N/S(=O)(=O)c1ccc(F)cc1. The maximum absolute atomic E-state index is 13.1. The average Bonchev–Trinajstić information content (AvgIpc) is 3.02. The number of halogens is 1. The van der Waals surface area contributed by atoms with E-state index in [2.05, 4.69) is 16.3 Å². The molecule has 2 amide bonds. The molecule has 1 fully saturated rings. The van der Waals surface area contributed by atoms with Crippen molar-refractivity contribution >= 4 is 44.5 Å². The van der Waals surface area contributed by atoms with Crippen LogP contribution in [0.25, 0.3) is 0 Å². The summed E-state index contributed by atoms with van der Waals surface area (Å²) in [7, 11) is -2.68. The molecule has 32 heavy (non-hydrogen) atoms. The Morgan fingerprint density at radius 1 is 1.31 bits per heavy atom. The number of amidine groups is 1. The van der Waals surface area contributed by atoms with Gasteiger partial charge in [0.15, 0.2) is 5.17 Å². The minimum Gasteiger partial charge on any atom is -0.497 e. The van der Waals surface area contributed by atoms with Gasteiger partial charge < -0.3 is 10.1 Å². The van der Waals surface area contributed by atoms with Gasteiger partial charge in [-0.1, -0.05) is 23.9 Å². The third-order valence-electron chi connectivity index (χ3n) is 4.37. The molecule has 1 saturated heterocycles. The maximum Gasteiger partial charge on any atom is 0.284 e.